The maximum atomic E-state index is 13.6. The number of hydrogen-bond acceptors (Lipinski definition) is 2. The molecule has 2 atom stereocenters. The van der Waals surface area contributed by atoms with Gasteiger partial charge in [-0.3, -0.25) is 4.99 Å². The quantitative estimate of drug-likeness (QED) is 0.639. The van der Waals surface area contributed by atoms with Gasteiger partial charge in [0.15, 0.2) is 5.96 Å². The molecule has 2 heterocycles. The maximum absolute atomic E-state index is 13.6. The molecular weight excluding hydrogens is 327 g/mol. The average Bonchev–Trinajstić information content (AvgIpc) is 2.59. The molecule has 1 aromatic rings. The van der Waals surface area contributed by atoms with E-state index in [0.717, 1.165) is 11.5 Å². The Bertz CT molecular complexity index is 629. The Labute approximate surface area is 157 Å². The number of hydrogen-bond donors (Lipinski definition) is 2. The van der Waals surface area contributed by atoms with Gasteiger partial charge < -0.3 is 15.5 Å². The van der Waals surface area contributed by atoms with Crippen LogP contribution in [0.15, 0.2) is 29.3 Å². The fourth-order valence-electron chi connectivity index (χ4n) is 4.44. The Morgan fingerprint density at radius 3 is 2.58 bits per heavy atom. The van der Waals surface area contributed by atoms with Crippen molar-refractivity contribution >= 4 is 5.96 Å². The van der Waals surface area contributed by atoms with Gasteiger partial charge in [0.2, 0.25) is 0 Å². The Kier molecular flexibility index (Phi) is 5.86. The first-order chi connectivity index (χ1) is 12.4. The second-order valence-electron chi connectivity index (χ2n) is 8.54. The van der Waals surface area contributed by atoms with E-state index in [9.17, 15) is 4.39 Å². The standard InChI is InChI=1S/C21H33FN4/c1-21(2,15-7-5-8-16(22)11-15)14-24-20(23-3)25-17-12-18-9-6-10-19(13-17)26(18)4/h5,7-8,11,17-19H,6,9-10,12-14H2,1-4H3,(H2,23,24,25). The van der Waals surface area contributed by atoms with Crippen molar-refractivity contribution < 1.29 is 4.39 Å². The third-order valence-electron chi connectivity index (χ3n) is 6.21. The number of benzene rings is 1. The number of piperidine rings is 2. The molecule has 5 heteroatoms. The fourth-order valence-corrected chi connectivity index (χ4v) is 4.44. The third kappa shape index (κ3) is 4.37. The van der Waals surface area contributed by atoms with Crippen molar-refractivity contribution in [3.05, 3.63) is 35.6 Å². The lowest BCUT2D eigenvalue weighted by Gasteiger charge is -2.47. The van der Waals surface area contributed by atoms with Crippen molar-refractivity contribution in [1.82, 2.24) is 15.5 Å². The molecule has 144 valence electrons. The summed E-state index contributed by atoms with van der Waals surface area (Å²) in [5.74, 6) is 0.665. The lowest BCUT2D eigenvalue weighted by Crippen LogP contribution is -2.57. The van der Waals surface area contributed by atoms with Crippen molar-refractivity contribution in [3.8, 4) is 0 Å². The summed E-state index contributed by atoms with van der Waals surface area (Å²) in [7, 11) is 4.10. The minimum Gasteiger partial charge on any atom is -0.356 e. The molecule has 2 aliphatic rings. The molecule has 0 amide bonds. The third-order valence-corrected chi connectivity index (χ3v) is 6.21. The van der Waals surface area contributed by atoms with Crippen LogP contribution in [0.4, 0.5) is 4.39 Å². The number of halogens is 1. The molecule has 0 aliphatic carbocycles. The van der Waals surface area contributed by atoms with Gasteiger partial charge in [0.05, 0.1) is 0 Å². The molecule has 0 saturated carbocycles. The predicted molar refractivity (Wildman–Crippen MR) is 106 cm³/mol. The molecule has 2 N–H and O–H groups in total. The van der Waals surface area contributed by atoms with Crippen LogP contribution < -0.4 is 10.6 Å². The molecule has 2 fully saturated rings. The first kappa shape index (κ1) is 19.2. The van der Waals surface area contributed by atoms with Crippen LogP contribution in [0.25, 0.3) is 0 Å². The molecule has 4 nitrogen and oxygen atoms in total. The van der Waals surface area contributed by atoms with Crippen molar-refractivity contribution in [2.75, 3.05) is 20.6 Å². The lowest BCUT2D eigenvalue weighted by molar-refractivity contribution is 0.0526. The number of rotatable bonds is 4. The van der Waals surface area contributed by atoms with Crippen molar-refractivity contribution in [3.63, 3.8) is 0 Å². The molecular formula is C21H33FN4. The molecule has 2 bridgehead atoms. The van der Waals surface area contributed by atoms with Gasteiger partial charge in [0.1, 0.15) is 5.82 Å². The summed E-state index contributed by atoms with van der Waals surface area (Å²) >= 11 is 0. The lowest BCUT2D eigenvalue weighted by atomic mass is 9.82. The predicted octanol–water partition coefficient (Wildman–Crippen LogP) is 3.28. The van der Waals surface area contributed by atoms with Gasteiger partial charge in [-0.2, -0.15) is 0 Å². The zero-order valence-electron chi connectivity index (χ0n) is 16.6. The molecule has 2 unspecified atom stereocenters. The van der Waals surface area contributed by atoms with E-state index in [4.69, 9.17) is 0 Å². The van der Waals surface area contributed by atoms with E-state index < -0.39 is 0 Å². The van der Waals surface area contributed by atoms with Crippen LogP contribution in [-0.2, 0) is 5.41 Å². The first-order valence-corrected chi connectivity index (χ1v) is 9.84. The molecule has 0 spiro atoms. The summed E-state index contributed by atoms with van der Waals surface area (Å²) in [6.45, 7) is 4.96. The van der Waals surface area contributed by atoms with E-state index in [1.807, 2.05) is 13.1 Å². The summed E-state index contributed by atoms with van der Waals surface area (Å²) in [6, 6.07) is 8.74. The summed E-state index contributed by atoms with van der Waals surface area (Å²) < 4.78 is 13.6. The van der Waals surface area contributed by atoms with Crippen molar-refractivity contribution in [2.24, 2.45) is 4.99 Å². The summed E-state index contributed by atoms with van der Waals surface area (Å²) in [6.07, 6.45) is 6.34. The van der Waals surface area contributed by atoms with Gasteiger partial charge in [-0.05, 0) is 50.4 Å². The second-order valence-corrected chi connectivity index (χ2v) is 8.54. The van der Waals surface area contributed by atoms with Gasteiger partial charge in [-0.1, -0.05) is 32.4 Å². The summed E-state index contributed by atoms with van der Waals surface area (Å²) in [4.78, 5) is 6.99. The van der Waals surface area contributed by atoms with Gasteiger partial charge >= 0.3 is 0 Å². The number of fused-ring (bicyclic) bond motifs is 2. The second kappa shape index (κ2) is 7.95. The highest BCUT2D eigenvalue weighted by molar-refractivity contribution is 5.80. The highest BCUT2D eigenvalue weighted by Crippen LogP contribution is 2.32. The van der Waals surface area contributed by atoms with Gasteiger partial charge in [-0.25, -0.2) is 4.39 Å². The zero-order chi connectivity index (χ0) is 18.7. The average molecular weight is 361 g/mol. The van der Waals surface area contributed by atoms with E-state index in [0.29, 0.717) is 24.7 Å². The monoisotopic (exact) mass is 360 g/mol. The van der Waals surface area contributed by atoms with Gasteiger partial charge in [0, 0.05) is 37.1 Å². The SMILES string of the molecule is CN=C(NCC(C)(C)c1cccc(F)c1)NC1CC2CCCC(C1)N2C. The minimum atomic E-state index is -0.184. The van der Waals surface area contributed by atoms with Crippen LogP contribution in [0.2, 0.25) is 0 Å². The molecule has 1 aromatic carbocycles. The molecule has 0 aromatic heterocycles. The number of aliphatic imine (C=N–C) groups is 1. The summed E-state index contributed by atoms with van der Waals surface area (Å²) in [5, 5.41) is 7.08. The maximum Gasteiger partial charge on any atom is 0.191 e. The van der Waals surface area contributed by atoms with E-state index in [2.05, 4.69) is 41.4 Å². The summed E-state index contributed by atoms with van der Waals surface area (Å²) in [5.41, 5.74) is 0.817. The Morgan fingerprint density at radius 2 is 1.96 bits per heavy atom. The molecule has 0 radical (unpaired) electrons. The topological polar surface area (TPSA) is 39.7 Å². The first-order valence-electron chi connectivity index (χ1n) is 9.84. The van der Waals surface area contributed by atoms with E-state index in [1.54, 1.807) is 12.1 Å². The van der Waals surface area contributed by atoms with Crippen molar-refractivity contribution in [2.45, 2.75) is 69.5 Å². The van der Waals surface area contributed by atoms with E-state index >= 15 is 0 Å². The zero-order valence-corrected chi connectivity index (χ0v) is 16.6. The highest BCUT2D eigenvalue weighted by atomic mass is 19.1. The number of nitrogens with one attached hydrogen (secondary N) is 2. The minimum absolute atomic E-state index is 0.178. The number of nitrogens with zero attached hydrogens (tertiary/aromatic N) is 2. The highest BCUT2D eigenvalue weighted by Gasteiger charge is 2.36. The largest absolute Gasteiger partial charge is 0.356 e. The van der Waals surface area contributed by atoms with Crippen LogP contribution in [0, 0.1) is 5.82 Å². The molecule has 2 aliphatic heterocycles. The van der Waals surface area contributed by atoms with Gasteiger partial charge in [-0.15, -0.1) is 0 Å². The van der Waals surface area contributed by atoms with Crippen LogP contribution in [0.5, 0.6) is 0 Å². The number of guanidine groups is 1. The smallest absolute Gasteiger partial charge is 0.191 e. The van der Waals surface area contributed by atoms with E-state index in [1.165, 1.54) is 38.2 Å². The molecule has 26 heavy (non-hydrogen) atoms. The Balaban J connectivity index is 1.57. The fraction of sp³-hybridized carbons (Fsp3) is 0.667. The Hall–Kier alpha value is -1.62. The van der Waals surface area contributed by atoms with Crippen LogP contribution in [-0.4, -0.2) is 49.6 Å². The van der Waals surface area contributed by atoms with Gasteiger partial charge in [0.25, 0.3) is 0 Å². The van der Waals surface area contributed by atoms with Crippen LogP contribution >= 0.6 is 0 Å². The molecule has 3 rings (SSSR count). The van der Waals surface area contributed by atoms with Crippen LogP contribution in [0.1, 0.15) is 51.5 Å². The van der Waals surface area contributed by atoms with Crippen molar-refractivity contribution in [1.29, 1.82) is 0 Å². The normalized spacial score (nSPS) is 27.3. The van der Waals surface area contributed by atoms with E-state index in [-0.39, 0.29) is 11.2 Å². The van der Waals surface area contributed by atoms with Crippen LogP contribution in [0.3, 0.4) is 0 Å². The Morgan fingerprint density at radius 1 is 1.27 bits per heavy atom. The molecule has 2 saturated heterocycles.